The Morgan fingerprint density at radius 3 is 2.71 bits per heavy atom. The quantitative estimate of drug-likeness (QED) is 0.630. The van der Waals surface area contributed by atoms with Gasteiger partial charge >= 0.3 is 12.0 Å². The number of carboxylic acids is 1. The lowest BCUT2D eigenvalue weighted by molar-refractivity contribution is 0.0693. The Bertz CT molecular complexity index is 681. The third-order valence-electron chi connectivity index (χ3n) is 2.71. The molecule has 2 aromatic rings. The van der Waals surface area contributed by atoms with E-state index < -0.39 is 17.7 Å². The van der Waals surface area contributed by atoms with E-state index in [-0.39, 0.29) is 17.8 Å². The highest BCUT2D eigenvalue weighted by molar-refractivity contribution is 5.97. The predicted octanol–water partition coefficient (Wildman–Crippen LogP) is 1.15. The molecular weight excluding hydrogens is 276 g/mol. The van der Waals surface area contributed by atoms with Gasteiger partial charge in [-0.25, -0.2) is 9.59 Å². The second-order valence-electron chi connectivity index (χ2n) is 4.30. The molecule has 0 radical (unpaired) electrons. The van der Waals surface area contributed by atoms with Crippen LogP contribution in [0.2, 0.25) is 0 Å². The number of aryl methyl sites for hydroxylation is 1. The van der Waals surface area contributed by atoms with E-state index in [0.29, 0.717) is 5.69 Å². The van der Waals surface area contributed by atoms with Gasteiger partial charge in [0.15, 0.2) is 5.75 Å². The van der Waals surface area contributed by atoms with Crippen LogP contribution in [0.4, 0.5) is 10.5 Å². The summed E-state index contributed by atoms with van der Waals surface area (Å²) in [6, 6.07) is 5.26. The first-order chi connectivity index (χ1) is 9.97. The van der Waals surface area contributed by atoms with Crippen molar-refractivity contribution in [3.8, 4) is 5.75 Å². The monoisotopic (exact) mass is 290 g/mol. The van der Waals surface area contributed by atoms with Gasteiger partial charge in [-0.15, -0.1) is 0 Å². The zero-order valence-electron chi connectivity index (χ0n) is 11.2. The SMILES string of the molecule is Cn1ccc(CNC(=O)Nc2cccc(C(=O)O)c2O)n1. The molecule has 0 unspecified atom stereocenters. The Hall–Kier alpha value is -3.03. The maximum Gasteiger partial charge on any atom is 0.339 e. The zero-order chi connectivity index (χ0) is 15.4. The lowest BCUT2D eigenvalue weighted by Gasteiger charge is -2.09. The van der Waals surface area contributed by atoms with Crippen LogP contribution < -0.4 is 10.6 Å². The van der Waals surface area contributed by atoms with Crippen molar-refractivity contribution in [3.63, 3.8) is 0 Å². The molecule has 0 bridgehead atoms. The highest BCUT2D eigenvalue weighted by Crippen LogP contribution is 2.27. The predicted molar refractivity (Wildman–Crippen MR) is 74.1 cm³/mol. The van der Waals surface area contributed by atoms with E-state index in [1.165, 1.54) is 18.2 Å². The van der Waals surface area contributed by atoms with Crippen LogP contribution >= 0.6 is 0 Å². The second kappa shape index (κ2) is 5.95. The molecule has 0 spiro atoms. The molecule has 0 aliphatic carbocycles. The van der Waals surface area contributed by atoms with Crippen LogP contribution in [0.3, 0.4) is 0 Å². The van der Waals surface area contributed by atoms with E-state index in [0.717, 1.165) is 0 Å². The number of phenols is 1. The molecule has 2 amide bonds. The van der Waals surface area contributed by atoms with Gasteiger partial charge in [0.05, 0.1) is 17.9 Å². The summed E-state index contributed by atoms with van der Waals surface area (Å²) in [5.41, 5.74) is 0.419. The number of rotatable bonds is 4. The van der Waals surface area contributed by atoms with Crippen molar-refractivity contribution < 1.29 is 19.8 Å². The maximum absolute atomic E-state index is 11.7. The Morgan fingerprint density at radius 2 is 2.10 bits per heavy atom. The van der Waals surface area contributed by atoms with Gasteiger partial charge in [-0.2, -0.15) is 5.10 Å². The minimum Gasteiger partial charge on any atom is -0.505 e. The molecule has 0 saturated carbocycles. The van der Waals surface area contributed by atoms with Gasteiger partial charge in [0, 0.05) is 13.2 Å². The van der Waals surface area contributed by atoms with Crippen LogP contribution in [0.1, 0.15) is 16.1 Å². The molecule has 1 aromatic carbocycles. The standard InChI is InChI=1S/C13H14N4O4/c1-17-6-5-8(16-17)7-14-13(21)15-10-4-2-3-9(11(10)18)12(19)20/h2-6,18H,7H2,1H3,(H,19,20)(H2,14,15,21). The third-order valence-corrected chi connectivity index (χ3v) is 2.71. The number of aromatic carboxylic acids is 1. The summed E-state index contributed by atoms with van der Waals surface area (Å²) in [6.45, 7) is 0.214. The summed E-state index contributed by atoms with van der Waals surface area (Å²) in [5, 5.41) is 27.7. The first-order valence-electron chi connectivity index (χ1n) is 6.06. The van der Waals surface area contributed by atoms with E-state index in [1.54, 1.807) is 24.0 Å². The Labute approximate surface area is 120 Å². The number of hydrogen-bond acceptors (Lipinski definition) is 4. The van der Waals surface area contributed by atoms with Crippen molar-refractivity contribution in [1.82, 2.24) is 15.1 Å². The number of benzene rings is 1. The normalized spacial score (nSPS) is 10.1. The summed E-state index contributed by atoms with van der Waals surface area (Å²) >= 11 is 0. The summed E-state index contributed by atoms with van der Waals surface area (Å²) in [4.78, 5) is 22.6. The van der Waals surface area contributed by atoms with Crippen LogP contribution in [-0.2, 0) is 13.6 Å². The van der Waals surface area contributed by atoms with Gasteiger partial charge in [-0.05, 0) is 18.2 Å². The highest BCUT2D eigenvalue weighted by atomic mass is 16.4. The van der Waals surface area contributed by atoms with Crippen LogP contribution in [0.5, 0.6) is 5.75 Å². The molecule has 2 rings (SSSR count). The van der Waals surface area contributed by atoms with Crippen LogP contribution in [0.25, 0.3) is 0 Å². The molecule has 110 valence electrons. The van der Waals surface area contributed by atoms with E-state index in [2.05, 4.69) is 15.7 Å². The lowest BCUT2D eigenvalue weighted by Crippen LogP contribution is -2.28. The molecule has 8 nitrogen and oxygen atoms in total. The van der Waals surface area contributed by atoms with Crippen molar-refractivity contribution in [3.05, 3.63) is 41.7 Å². The Kier molecular flexibility index (Phi) is 4.07. The minimum atomic E-state index is -1.27. The fraction of sp³-hybridized carbons (Fsp3) is 0.154. The fourth-order valence-corrected chi connectivity index (χ4v) is 1.71. The molecule has 21 heavy (non-hydrogen) atoms. The number of carboxylic acid groups (broad SMARTS) is 1. The van der Waals surface area contributed by atoms with Crippen molar-refractivity contribution >= 4 is 17.7 Å². The number of para-hydroxylation sites is 1. The number of carbonyl (C=O) groups is 2. The van der Waals surface area contributed by atoms with Gasteiger partial charge in [-0.3, -0.25) is 4.68 Å². The minimum absolute atomic E-state index is 0.0217. The molecule has 1 heterocycles. The van der Waals surface area contributed by atoms with Crippen LogP contribution in [0.15, 0.2) is 30.5 Å². The average Bonchev–Trinajstić information content (AvgIpc) is 2.84. The maximum atomic E-state index is 11.7. The van der Waals surface area contributed by atoms with Gasteiger partial charge in [0.25, 0.3) is 0 Å². The largest absolute Gasteiger partial charge is 0.505 e. The number of aromatic nitrogens is 2. The first-order valence-corrected chi connectivity index (χ1v) is 6.06. The van der Waals surface area contributed by atoms with E-state index >= 15 is 0 Å². The number of amides is 2. The number of urea groups is 1. The zero-order valence-corrected chi connectivity index (χ0v) is 11.2. The van der Waals surface area contributed by atoms with E-state index in [4.69, 9.17) is 5.11 Å². The van der Waals surface area contributed by atoms with Crippen molar-refractivity contribution in [2.24, 2.45) is 7.05 Å². The molecular formula is C13H14N4O4. The summed E-state index contributed by atoms with van der Waals surface area (Å²) < 4.78 is 1.61. The van der Waals surface area contributed by atoms with Crippen molar-refractivity contribution in [2.75, 3.05) is 5.32 Å². The molecule has 0 atom stereocenters. The number of aromatic hydroxyl groups is 1. The summed E-state index contributed by atoms with van der Waals surface area (Å²) in [5.74, 6) is -1.76. The topological polar surface area (TPSA) is 116 Å². The number of nitrogens with one attached hydrogen (secondary N) is 2. The third kappa shape index (κ3) is 3.50. The average molecular weight is 290 g/mol. The number of carbonyl (C=O) groups excluding carboxylic acids is 1. The van der Waals surface area contributed by atoms with Crippen LogP contribution in [0, 0.1) is 0 Å². The summed E-state index contributed by atoms with van der Waals surface area (Å²) in [7, 11) is 1.76. The Morgan fingerprint density at radius 1 is 1.33 bits per heavy atom. The number of hydrogen-bond donors (Lipinski definition) is 4. The lowest BCUT2D eigenvalue weighted by atomic mass is 10.2. The van der Waals surface area contributed by atoms with E-state index in [1.807, 2.05) is 0 Å². The van der Waals surface area contributed by atoms with Gasteiger partial charge < -0.3 is 20.8 Å². The molecule has 0 saturated heterocycles. The first kappa shape index (κ1) is 14.4. The fourth-order valence-electron chi connectivity index (χ4n) is 1.71. The van der Waals surface area contributed by atoms with E-state index in [9.17, 15) is 14.7 Å². The van der Waals surface area contributed by atoms with Gasteiger partial charge in [0.2, 0.25) is 0 Å². The smallest absolute Gasteiger partial charge is 0.339 e. The molecule has 4 N–H and O–H groups in total. The number of anilines is 1. The summed E-state index contributed by atoms with van der Waals surface area (Å²) in [6.07, 6.45) is 1.75. The second-order valence-corrected chi connectivity index (χ2v) is 4.30. The molecule has 1 aromatic heterocycles. The van der Waals surface area contributed by atoms with Crippen molar-refractivity contribution in [2.45, 2.75) is 6.54 Å². The molecule has 0 aliphatic heterocycles. The van der Waals surface area contributed by atoms with Crippen LogP contribution in [-0.4, -0.2) is 32.0 Å². The highest BCUT2D eigenvalue weighted by Gasteiger charge is 2.14. The van der Waals surface area contributed by atoms with Gasteiger partial charge in [-0.1, -0.05) is 6.07 Å². The molecule has 8 heteroatoms. The van der Waals surface area contributed by atoms with Gasteiger partial charge in [0.1, 0.15) is 5.56 Å². The van der Waals surface area contributed by atoms with Crippen molar-refractivity contribution in [1.29, 1.82) is 0 Å². The number of nitrogens with zero attached hydrogens (tertiary/aromatic N) is 2. The Balaban J connectivity index is 1.99. The molecule has 0 fully saturated rings. The molecule has 0 aliphatic rings.